The van der Waals surface area contributed by atoms with Crippen LogP contribution in [-0.4, -0.2) is 11.7 Å². The highest BCUT2D eigenvalue weighted by Gasteiger charge is 2.09. The molecule has 0 saturated heterocycles. The fourth-order valence-corrected chi connectivity index (χ4v) is 2.68. The maximum atomic E-state index is 9.32. The summed E-state index contributed by atoms with van der Waals surface area (Å²) in [5.74, 6) is 0.422. The van der Waals surface area contributed by atoms with Crippen LogP contribution in [0.1, 0.15) is 5.56 Å². The molecule has 19 heavy (non-hydrogen) atoms. The molecule has 2 aromatic rings. The Morgan fingerprint density at radius 3 is 2.42 bits per heavy atom. The van der Waals surface area contributed by atoms with Gasteiger partial charge in [0.2, 0.25) is 0 Å². The number of hydrogen-bond acceptors (Lipinski definition) is 2. The molecular formula is C14H11BrCl2O2. The fourth-order valence-electron chi connectivity index (χ4n) is 1.65. The van der Waals surface area contributed by atoms with Crippen molar-refractivity contribution in [1.82, 2.24) is 0 Å². The maximum Gasteiger partial charge on any atom is 0.156 e. The lowest BCUT2D eigenvalue weighted by Crippen LogP contribution is -2.02. The average Bonchev–Trinajstić information content (AvgIpc) is 2.32. The van der Waals surface area contributed by atoms with Crippen LogP contribution in [0.15, 0.2) is 40.9 Å². The van der Waals surface area contributed by atoms with Crippen LogP contribution in [0.25, 0.3) is 0 Å². The van der Waals surface area contributed by atoms with E-state index in [1.807, 2.05) is 24.3 Å². The van der Waals surface area contributed by atoms with Crippen molar-refractivity contribution in [2.75, 3.05) is 6.61 Å². The number of phenols is 1. The van der Waals surface area contributed by atoms with Crippen molar-refractivity contribution in [2.45, 2.75) is 6.42 Å². The topological polar surface area (TPSA) is 29.5 Å². The molecule has 100 valence electrons. The Morgan fingerprint density at radius 1 is 1.11 bits per heavy atom. The van der Waals surface area contributed by atoms with E-state index in [0.717, 1.165) is 16.5 Å². The summed E-state index contributed by atoms with van der Waals surface area (Å²) in [6.45, 7) is 0.459. The monoisotopic (exact) mass is 360 g/mol. The van der Waals surface area contributed by atoms with Gasteiger partial charge >= 0.3 is 0 Å². The lowest BCUT2D eigenvalue weighted by molar-refractivity contribution is 0.321. The first-order valence-corrected chi connectivity index (χ1v) is 7.16. The van der Waals surface area contributed by atoms with Crippen molar-refractivity contribution in [3.8, 4) is 11.5 Å². The Balaban J connectivity index is 2.00. The maximum absolute atomic E-state index is 9.32. The van der Waals surface area contributed by atoms with Crippen LogP contribution in [0.4, 0.5) is 0 Å². The van der Waals surface area contributed by atoms with Gasteiger partial charge in [0.05, 0.1) is 16.7 Å². The Hall–Kier alpha value is -0.900. The van der Waals surface area contributed by atoms with E-state index >= 15 is 0 Å². The summed E-state index contributed by atoms with van der Waals surface area (Å²) in [6.07, 6.45) is 0.743. The van der Waals surface area contributed by atoms with Crippen LogP contribution in [-0.2, 0) is 6.42 Å². The third-order valence-electron chi connectivity index (χ3n) is 2.51. The van der Waals surface area contributed by atoms with E-state index in [4.69, 9.17) is 27.9 Å². The molecule has 0 aliphatic heterocycles. The molecule has 2 nitrogen and oxygen atoms in total. The van der Waals surface area contributed by atoms with E-state index in [1.165, 1.54) is 12.1 Å². The molecule has 5 heteroatoms. The molecule has 0 radical (unpaired) electrons. The molecule has 0 amide bonds. The molecule has 0 spiro atoms. The summed E-state index contributed by atoms with van der Waals surface area (Å²) < 4.78 is 6.61. The summed E-state index contributed by atoms with van der Waals surface area (Å²) in [5.41, 5.74) is 1.15. The predicted molar refractivity (Wildman–Crippen MR) is 81.5 cm³/mol. The molecular weight excluding hydrogens is 351 g/mol. The number of rotatable bonds is 4. The number of phenolic OH excluding ortho intramolecular Hbond substituents is 1. The molecule has 0 aromatic heterocycles. The van der Waals surface area contributed by atoms with Gasteiger partial charge in [0, 0.05) is 23.0 Å². The van der Waals surface area contributed by atoms with Gasteiger partial charge in [-0.15, -0.1) is 0 Å². The van der Waals surface area contributed by atoms with Crippen LogP contribution in [0.3, 0.4) is 0 Å². The van der Waals surface area contributed by atoms with Gasteiger partial charge in [-0.05, 0) is 17.7 Å². The zero-order chi connectivity index (χ0) is 13.8. The molecule has 0 aliphatic carbocycles. The van der Waals surface area contributed by atoms with E-state index in [0.29, 0.717) is 22.4 Å². The summed E-state index contributed by atoms with van der Waals surface area (Å²) in [4.78, 5) is 0. The van der Waals surface area contributed by atoms with Crippen molar-refractivity contribution < 1.29 is 9.84 Å². The highest BCUT2D eigenvalue weighted by atomic mass is 79.9. The lowest BCUT2D eigenvalue weighted by Gasteiger charge is -2.10. The normalized spacial score (nSPS) is 10.5. The van der Waals surface area contributed by atoms with Gasteiger partial charge in [-0.1, -0.05) is 51.3 Å². The molecule has 0 unspecified atom stereocenters. The Morgan fingerprint density at radius 2 is 1.79 bits per heavy atom. The van der Waals surface area contributed by atoms with Gasteiger partial charge in [-0.2, -0.15) is 0 Å². The summed E-state index contributed by atoms with van der Waals surface area (Å²) in [5, 5.41) is 9.93. The molecule has 0 saturated carbocycles. The van der Waals surface area contributed by atoms with Crippen LogP contribution in [0.5, 0.6) is 11.5 Å². The second kappa shape index (κ2) is 6.51. The van der Waals surface area contributed by atoms with Gasteiger partial charge in [-0.25, -0.2) is 0 Å². The molecule has 2 rings (SSSR count). The number of hydrogen-bond donors (Lipinski definition) is 1. The number of ether oxygens (including phenoxy) is 1. The van der Waals surface area contributed by atoms with Crippen molar-refractivity contribution in [1.29, 1.82) is 0 Å². The van der Waals surface area contributed by atoms with Crippen LogP contribution in [0.2, 0.25) is 10.0 Å². The zero-order valence-corrected chi connectivity index (χ0v) is 13.0. The van der Waals surface area contributed by atoms with Crippen molar-refractivity contribution in [3.05, 3.63) is 56.5 Å². The molecule has 0 bridgehead atoms. The molecule has 0 fully saturated rings. The average molecular weight is 362 g/mol. The quantitative estimate of drug-likeness (QED) is 0.822. The molecule has 2 aromatic carbocycles. The fraction of sp³-hybridized carbons (Fsp3) is 0.143. The third kappa shape index (κ3) is 4.03. The van der Waals surface area contributed by atoms with Crippen LogP contribution >= 0.6 is 39.1 Å². The Labute approximate surface area is 130 Å². The minimum Gasteiger partial charge on any atom is -0.508 e. The summed E-state index contributed by atoms with van der Waals surface area (Å²) in [7, 11) is 0. The zero-order valence-electron chi connectivity index (χ0n) is 9.87. The van der Waals surface area contributed by atoms with Crippen molar-refractivity contribution >= 4 is 39.1 Å². The van der Waals surface area contributed by atoms with Gasteiger partial charge < -0.3 is 9.84 Å². The van der Waals surface area contributed by atoms with Gasteiger partial charge in [-0.3, -0.25) is 0 Å². The van der Waals surface area contributed by atoms with Gasteiger partial charge in [0.1, 0.15) is 5.75 Å². The molecule has 0 heterocycles. The molecule has 0 atom stereocenters. The summed E-state index contributed by atoms with van der Waals surface area (Å²) in [6, 6.07) is 10.8. The van der Waals surface area contributed by atoms with Crippen molar-refractivity contribution in [3.63, 3.8) is 0 Å². The summed E-state index contributed by atoms with van der Waals surface area (Å²) >= 11 is 15.3. The van der Waals surface area contributed by atoms with Gasteiger partial charge in [0.15, 0.2) is 5.75 Å². The standard InChI is InChI=1S/C14H11BrCl2O2/c15-10-3-1-2-9(6-10)4-5-19-14-12(16)7-11(18)8-13(14)17/h1-3,6-8,18H,4-5H2. The van der Waals surface area contributed by atoms with Crippen LogP contribution in [0, 0.1) is 0 Å². The predicted octanol–water partition coefficient (Wildman–Crippen LogP) is 5.08. The van der Waals surface area contributed by atoms with Crippen LogP contribution < -0.4 is 4.74 Å². The first-order chi connectivity index (χ1) is 9.06. The lowest BCUT2D eigenvalue weighted by atomic mass is 10.2. The third-order valence-corrected chi connectivity index (χ3v) is 3.56. The first kappa shape index (κ1) is 14.5. The first-order valence-electron chi connectivity index (χ1n) is 5.61. The Kier molecular flexibility index (Phi) is 4.97. The largest absolute Gasteiger partial charge is 0.508 e. The highest BCUT2D eigenvalue weighted by Crippen LogP contribution is 2.36. The highest BCUT2D eigenvalue weighted by molar-refractivity contribution is 9.10. The molecule has 0 aliphatic rings. The second-order valence-corrected chi connectivity index (χ2v) is 5.70. The number of halogens is 3. The number of aromatic hydroxyl groups is 1. The van der Waals surface area contributed by atoms with E-state index in [9.17, 15) is 5.11 Å². The van der Waals surface area contributed by atoms with Gasteiger partial charge in [0.25, 0.3) is 0 Å². The Bertz CT molecular complexity index is 564. The van der Waals surface area contributed by atoms with E-state index in [-0.39, 0.29) is 5.75 Å². The second-order valence-electron chi connectivity index (χ2n) is 3.97. The van der Waals surface area contributed by atoms with Crippen molar-refractivity contribution in [2.24, 2.45) is 0 Å². The van der Waals surface area contributed by atoms with E-state index in [2.05, 4.69) is 15.9 Å². The minimum absolute atomic E-state index is 0.0225. The number of benzene rings is 2. The van der Waals surface area contributed by atoms with E-state index < -0.39 is 0 Å². The minimum atomic E-state index is 0.0225. The smallest absolute Gasteiger partial charge is 0.156 e. The van der Waals surface area contributed by atoms with E-state index in [1.54, 1.807) is 0 Å². The SMILES string of the molecule is Oc1cc(Cl)c(OCCc2cccc(Br)c2)c(Cl)c1. The molecule has 1 N–H and O–H groups in total.